The van der Waals surface area contributed by atoms with Crippen LogP contribution in [0.25, 0.3) is 0 Å². The molecule has 6 heteroatoms. The number of hydrogen-bond acceptors (Lipinski definition) is 5. The van der Waals surface area contributed by atoms with Gasteiger partial charge in [-0.25, -0.2) is 9.97 Å². The van der Waals surface area contributed by atoms with Crippen molar-refractivity contribution >= 4 is 28.9 Å². The summed E-state index contributed by atoms with van der Waals surface area (Å²) >= 11 is 5.85. The van der Waals surface area contributed by atoms with Crippen LogP contribution in [0.2, 0.25) is 5.02 Å². The van der Waals surface area contributed by atoms with Gasteiger partial charge in [0.1, 0.15) is 12.0 Å². The second-order valence-electron chi connectivity index (χ2n) is 4.76. The molecule has 0 fully saturated rings. The molecule has 0 atom stereocenters. The molecule has 1 aromatic carbocycles. The van der Waals surface area contributed by atoms with Crippen molar-refractivity contribution in [2.24, 2.45) is 0 Å². The van der Waals surface area contributed by atoms with Crippen molar-refractivity contribution in [1.29, 1.82) is 0 Å². The van der Waals surface area contributed by atoms with Gasteiger partial charge in [-0.05, 0) is 31.5 Å². The molecule has 2 aromatic rings. The number of nitrogen functional groups attached to an aromatic ring is 1. The van der Waals surface area contributed by atoms with Crippen LogP contribution in [-0.2, 0) is 6.54 Å². The summed E-state index contributed by atoms with van der Waals surface area (Å²) in [5, 5.41) is 7.11. The molecule has 0 amide bonds. The number of nitrogens with two attached hydrogens (primary N) is 1. The van der Waals surface area contributed by atoms with E-state index in [1.807, 2.05) is 38.1 Å². The Labute approximate surface area is 123 Å². The summed E-state index contributed by atoms with van der Waals surface area (Å²) in [6, 6.07) is 7.89. The van der Waals surface area contributed by atoms with Crippen LogP contribution in [-0.4, -0.2) is 16.0 Å². The van der Waals surface area contributed by atoms with E-state index in [0.29, 0.717) is 23.9 Å². The number of anilines is 3. The van der Waals surface area contributed by atoms with E-state index in [0.717, 1.165) is 10.6 Å². The molecule has 106 valence electrons. The zero-order valence-corrected chi connectivity index (χ0v) is 12.3. The molecule has 20 heavy (non-hydrogen) atoms. The number of halogens is 1. The Kier molecular flexibility index (Phi) is 4.63. The first-order chi connectivity index (χ1) is 9.56. The maximum absolute atomic E-state index is 6.05. The van der Waals surface area contributed by atoms with Gasteiger partial charge in [0.2, 0.25) is 0 Å². The third-order valence-electron chi connectivity index (χ3n) is 2.68. The van der Waals surface area contributed by atoms with Crippen molar-refractivity contribution in [3.63, 3.8) is 0 Å². The lowest BCUT2D eigenvalue weighted by Crippen LogP contribution is -2.14. The predicted octanol–water partition coefficient (Wildman–Crippen LogP) is 3.14. The Morgan fingerprint density at radius 1 is 1.15 bits per heavy atom. The van der Waals surface area contributed by atoms with Gasteiger partial charge in [-0.2, -0.15) is 0 Å². The Morgan fingerprint density at radius 3 is 2.45 bits per heavy atom. The molecular weight excluding hydrogens is 274 g/mol. The average Bonchev–Trinajstić information content (AvgIpc) is 2.41. The number of nitrogens with one attached hydrogen (secondary N) is 2. The molecule has 0 bridgehead atoms. The van der Waals surface area contributed by atoms with E-state index < -0.39 is 0 Å². The van der Waals surface area contributed by atoms with Crippen molar-refractivity contribution in [2.45, 2.75) is 26.4 Å². The number of benzene rings is 1. The van der Waals surface area contributed by atoms with Crippen molar-refractivity contribution < 1.29 is 0 Å². The Morgan fingerprint density at radius 2 is 1.80 bits per heavy atom. The van der Waals surface area contributed by atoms with E-state index in [1.54, 1.807) is 0 Å². The van der Waals surface area contributed by atoms with Gasteiger partial charge >= 0.3 is 0 Å². The third kappa shape index (κ3) is 3.74. The van der Waals surface area contributed by atoms with E-state index in [-0.39, 0.29) is 6.04 Å². The van der Waals surface area contributed by atoms with Gasteiger partial charge in [0.05, 0.1) is 0 Å². The molecule has 0 saturated heterocycles. The molecule has 0 radical (unpaired) electrons. The third-order valence-corrected chi connectivity index (χ3v) is 2.93. The first kappa shape index (κ1) is 14.4. The summed E-state index contributed by atoms with van der Waals surface area (Å²) in [5.74, 6) is 1.27. The lowest BCUT2D eigenvalue weighted by atomic mass is 10.2. The van der Waals surface area contributed by atoms with E-state index in [1.165, 1.54) is 6.33 Å². The predicted molar refractivity (Wildman–Crippen MR) is 84.0 cm³/mol. The first-order valence-corrected chi connectivity index (χ1v) is 6.79. The van der Waals surface area contributed by atoms with Crippen molar-refractivity contribution in [3.05, 3.63) is 41.2 Å². The minimum Gasteiger partial charge on any atom is -0.393 e. The highest BCUT2D eigenvalue weighted by atomic mass is 35.5. The van der Waals surface area contributed by atoms with E-state index in [2.05, 4.69) is 20.6 Å². The molecule has 0 saturated carbocycles. The normalized spacial score (nSPS) is 10.6. The fourth-order valence-electron chi connectivity index (χ4n) is 1.71. The molecule has 2 rings (SSSR count). The average molecular weight is 292 g/mol. The van der Waals surface area contributed by atoms with Gasteiger partial charge in [-0.1, -0.05) is 23.7 Å². The van der Waals surface area contributed by atoms with E-state index in [4.69, 9.17) is 17.3 Å². The minimum absolute atomic E-state index is 0.260. The second-order valence-corrected chi connectivity index (χ2v) is 5.20. The van der Waals surface area contributed by atoms with Crippen molar-refractivity contribution in [2.75, 3.05) is 16.4 Å². The molecular formula is C14H18ClN5. The lowest BCUT2D eigenvalue weighted by molar-refractivity contribution is 0.887. The topological polar surface area (TPSA) is 75.9 Å². The number of nitrogens with zero attached hydrogens (tertiary/aromatic N) is 2. The molecule has 1 aromatic heterocycles. The maximum Gasteiger partial charge on any atom is 0.155 e. The molecule has 0 aliphatic carbocycles. The summed E-state index contributed by atoms with van der Waals surface area (Å²) in [6.07, 6.45) is 1.49. The van der Waals surface area contributed by atoms with Crippen LogP contribution in [0.4, 0.5) is 17.3 Å². The molecule has 0 spiro atoms. The summed E-state index contributed by atoms with van der Waals surface area (Å²) in [6.45, 7) is 4.68. The number of aromatic nitrogens is 2. The quantitative estimate of drug-likeness (QED) is 0.789. The second kappa shape index (κ2) is 6.43. The van der Waals surface area contributed by atoms with E-state index in [9.17, 15) is 0 Å². The summed E-state index contributed by atoms with van der Waals surface area (Å²) in [7, 11) is 0. The zero-order valence-electron chi connectivity index (χ0n) is 11.5. The van der Waals surface area contributed by atoms with Gasteiger partial charge in [-0.15, -0.1) is 0 Å². The van der Waals surface area contributed by atoms with E-state index >= 15 is 0 Å². The molecule has 1 heterocycles. The van der Waals surface area contributed by atoms with Crippen molar-refractivity contribution in [3.8, 4) is 0 Å². The van der Waals surface area contributed by atoms with Gasteiger partial charge in [0.15, 0.2) is 11.6 Å². The number of hydrogen-bond donors (Lipinski definition) is 3. The first-order valence-electron chi connectivity index (χ1n) is 6.41. The van der Waals surface area contributed by atoms with Gasteiger partial charge in [-0.3, -0.25) is 0 Å². The fraction of sp³-hybridized carbons (Fsp3) is 0.286. The Balaban J connectivity index is 2.07. The van der Waals surface area contributed by atoms with Crippen LogP contribution >= 0.6 is 11.6 Å². The molecule has 5 nitrogen and oxygen atoms in total. The maximum atomic E-state index is 6.05. The van der Waals surface area contributed by atoms with Crippen LogP contribution in [0.1, 0.15) is 19.4 Å². The molecule has 0 aliphatic rings. The summed E-state index contributed by atoms with van der Waals surface area (Å²) in [4.78, 5) is 8.31. The van der Waals surface area contributed by atoms with Crippen LogP contribution in [0.3, 0.4) is 0 Å². The Bertz CT molecular complexity index is 568. The lowest BCUT2D eigenvalue weighted by Gasteiger charge is -2.14. The smallest absolute Gasteiger partial charge is 0.155 e. The van der Waals surface area contributed by atoms with Gasteiger partial charge in [0, 0.05) is 17.6 Å². The Hall–Kier alpha value is -2.01. The number of rotatable bonds is 5. The van der Waals surface area contributed by atoms with Crippen LogP contribution in [0.5, 0.6) is 0 Å². The van der Waals surface area contributed by atoms with Gasteiger partial charge in [0.25, 0.3) is 0 Å². The zero-order chi connectivity index (χ0) is 14.5. The SMILES string of the molecule is CC(C)Nc1ncnc(NCc2ccc(Cl)cc2)c1N. The summed E-state index contributed by atoms with van der Waals surface area (Å²) in [5.41, 5.74) is 7.67. The van der Waals surface area contributed by atoms with Crippen LogP contribution in [0.15, 0.2) is 30.6 Å². The van der Waals surface area contributed by atoms with Crippen molar-refractivity contribution in [1.82, 2.24) is 9.97 Å². The summed E-state index contributed by atoms with van der Waals surface area (Å²) < 4.78 is 0. The largest absolute Gasteiger partial charge is 0.393 e. The standard InChI is InChI=1S/C14H18ClN5/c1-9(2)20-14-12(16)13(18-8-19-14)17-7-10-3-5-11(15)6-4-10/h3-6,8-9H,7,16H2,1-2H3,(H2,17,18,19,20). The highest BCUT2D eigenvalue weighted by Crippen LogP contribution is 2.23. The fourth-order valence-corrected chi connectivity index (χ4v) is 1.84. The van der Waals surface area contributed by atoms with Crippen LogP contribution in [0, 0.1) is 0 Å². The monoisotopic (exact) mass is 291 g/mol. The highest BCUT2D eigenvalue weighted by Gasteiger charge is 2.08. The highest BCUT2D eigenvalue weighted by molar-refractivity contribution is 6.30. The van der Waals surface area contributed by atoms with Gasteiger partial charge < -0.3 is 16.4 Å². The molecule has 0 aliphatic heterocycles. The molecule has 4 N–H and O–H groups in total. The van der Waals surface area contributed by atoms with Crippen LogP contribution < -0.4 is 16.4 Å². The molecule has 0 unspecified atom stereocenters. The minimum atomic E-state index is 0.260.